The lowest BCUT2D eigenvalue weighted by atomic mass is 10.3. The second-order valence-electron chi connectivity index (χ2n) is 3.80. The van der Waals surface area contributed by atoms with E-state index >= 15 is 0 Å². The van der Waals surface area contributed by atoms with Crippen molar-refractivity contribution in [3.8, 4) is 6.07 Å². The first-order valence-corrected chi connectivity index (χ1v) is 6.20. The van der Waals surface area contributed by atoms with Gasteiger partial charge in [0.15, 0.2) is 0 Å². The fourth-order valence-corrected chi connectivity index (χ4v) is 1.72. The third kappa shape index (κ3) is 3.70. The summed E-state index contributed by atoms with van der Waals surface area (Å²) in [5.41, 5.74) is 5.99. The minimum Gasteiger partial charge on any atom is -0.368 e. The Balaban J connectivity index is 1.86. The van der Waals surface area contributed by atoms with Crippen LogP contribution < -0.4 is 16.4 Å². The van der Waals surface area contributed by atoms with Crippen LogP contribution in [-0.4, -0.2) is 28.0 Å². The van der Waals surface area contributed by atoms with Crippen molar-refractivity contribution in [3.05, 3.63) is 35.1 Å². The predicted molar refractivity (Wildman–Crippen MR) is 77.4 cm³/mol. The van der Waals surface area contributed by atoms with E-state index in [9.17, 15) is 0 Å². The van der Waals surface area contributed by atoms with Crippen LogP contribution in [0.5, 0.6) is 0 Å². The van der Waals surface area contributed by atoms with Gasteiger partial charge in [0.2, 0.25) is 5.95 Å². The maximum absolute atomic E-state index is 8.92. The fraction of sp³-hybridized carbons (Fsp3) is 0.167. The highest BCUT2D eigenvalue weighted by Gasteiger charge is 2.02. The monoisotopic (exact) mass is 289 g/mol. The molecule has 0 saturated heterocycles. The Morgan fingerprint density at radius 2 is 2.10 bits per heavy atom. The minimum atomic E-state index is 0.115. The van der Waals surface area contributed by atoms with Gasteiger partial charge in [-0.1, -0.05) is 11.6 Å². The lowest BCUT2D eigenvalue weighted by Crippen LogP contribution is -2.16. The highest BCUT2D eigenvalue weighted by molar-refractivity contribution is 6.29. The number of nitrogens with two attached hydrogens (primary N) is 1. The summed E-state index contributed by atoms with van der Waals surface area (Å²) in [4.78, 5) is 11.8. The summed E-state index contributed by atoms with van der Waals surface area (Å²) in [6.45, 7) is 1.13. The molecule has 0 unspecified atom stereocenters. The standard InChI is InChI=1S/C12H12ClN7/c13-9-6-10(20-12(15)19-9)16-4-5-18-11-8(7-14)2-1-3-17-11/h1-3,6H,4-5H2,(H,17,18)(H3,15,16,19,20). The lowest BCUT2D eigenvalue weighted by molar-refractivity contribution is 1.04. The number of aromatic nitrogens is 3. The van der Waals surface area contributed by atoms with E-state index in [1.54, 1.807) is 24.4 Å². The topological polar surface area (TPSA) is 113 Å². The Bertz CT molecular complexity index is 618. The van der Waals surface area contributed by atoms with E-state index in [1.165, 1.54) is 0 Å². The van der Waals surface area contributed by atoms with Gasteiger partial charge < -0.3 is 16.4 Å². The van der Waals surface area contributed by atoms with Gasteiger partial charge in [-0.3, -0.25) is 0 Å². The molecule has 0 aliphatic rings. The molecule has 0 atom stereocenters. The summed E-state index contributed by atoms with van der Waals surface area (Å²) < 4.78 is 0. The van der Waals surface area contributed by atoms with E-state index in [0.29, 0.717) is 30.3 Å². The largest absolute Gasteiger partial charge is 0.368 e. The number of nitriles is 1. The number of pyridine rings is 1. The number of nitrogens with one attached hydrogen (secondary N) is 2. The van der Waals surface area contributed by atoms with E-state index in [4.69, 9.17) is 22.6 Å². The SMILES string of the molecule is N#Cc1cccnc1NCCNc1cc(Cl)nc(N)n1. The average Bonchev–Trinajstić information content (AvgIpc) is 2.43. The molecule has 20 heavy (non-hydrogen) atoms. The van der Waals surface area contributed by atoms with Crippen molar-refractivity contribution < 1.29 is 0 Å². The molecular weight excluding hydrogens is 278 g/mol. The number of halogens is 1. The molecule has 0 aliphatic carbocycles. The number of rotatable bonds is 5. The van der Waals surface area contributed by atoms with Crippen LogP contribution in [0.25, 0.3) is 0 Å². The first-order valence-electron chi connectivity index (χ1n) is 5.82. The Hall–Kier alpha value is -2.59. The summed E-state index contributed by atoms with van der Waals surface area (Å²) in [7, 11) is 0. The maximum Gasteiger partial charge on any atom is 0.223 e. The summed E-state index contributed by atoms with van der Waals surface area (Å²) in [5, 5.41) is 15.3. The molecule has 102 valence electrons. The quantitative estimate of drug-likeness (QED) is 0.565. The van der Waals surface area contributed by atoms with Crippen LogP contribution in [0.1, 0.15) is 5.56 Å². The van der Waals surface area contributed by atoms with E-state index in [-0.39, 0.29) is 11.1 Å². The summed E-state index contributed by atoms with van der Waals surface area (Å²) in [5.74, 6) is 1.22. The average molecular weight is 290 g/mol. The van der Waals surface area contributed by atoms with Crippen molar-refractivity contribution in [1.82, 2.24) is 15.0 Å². The molecule has 0 amide bonds. The van der Waals surface area contributed by atoms with Gasteiger partial charge in [0.1, 0.15) is 22.9 Å². The van der Waals surface area contributed by atoms with Crippen molar-refractivity contribution in [2.45, 2.75) is 0 Å². The number of hydrogen-bond donors (Lipinski definition) is 3. The third-order valence-electron chi connectivity index (χ3n) is 2.36. The van der Waals surface area contributed by atoms with Crippen molar-refractivity contribution in [1.29, 1.82) is 5.26 Å². The third-order valence-corrected chi connectivity index (χ3v) is 2.56. The van der Waals surface area contributed by atoms with Gasteiger partial charge in [-0.25, -0.2) is 9.97 Å². The van der Waals surface area contributed by atoms with Crippen molar-refractivity contribution >= 4 is 29.2 Å². The Labute approximate surface area is 120 Å². The van der Waals surface area contributed by atoms with Gasteiger partial charge >= 0.3 is 0 Å². The zero-order chi connectivity index (χ0) is 14.4. The molecule has 0 aromatic carbocycles. The van der Waals surface area contributed by atoms with Gasteiger partial charge in [-0.15, -0.1) is 0 Å². The smallest absolute Gasteiger partial charge is 0.223 e. The second kappa shape index (κ2) is 6.54. The van der Waals surface area contributed by atoms with Gasteiger partial charge in [0, 0.05) is 25.4 Å². The van der Waals surface area contributed by atoms with Gasteiger partial charge in [0.05, 0.1) is 5.56 Å². The highest BCUT2D eigenvalue weighted by atomic mass is 35.5. The van der Waals surface area contributed by atoms with E-state index in [1.807, 2.05) is 0 Å². The van der Waals surface area contributed by atoms with E-state index in [0.717, 1.165) is 0 Å². The maximum atomic E-state index is 8.92. The van der Waals surface area contributed by atoms with E-state index < -0.39 is 0 Å². The van der Waals surface area contributed by atoms with Crippen LogP contribution in [0.2, 0.25) is 5.15 Å². The second-order valence-corrected chi connectivity index (χ2v) is 4.19. The molecule has 2 aromatic heterocycles. The van der Waals surface area contributed by atoms with Crippen molar-refractivity contribution in [2.24, 2.45) is 0 Å². The fourth-order valence-electron chi connectivity index (χ4n) is 1.53. The summed E-state index contributed by atoms with van der Waals surface area (Å²) in [6.07, 6.45) is 1.63. The van der Waals surface area contributed by atoms with Crippen LogP contribution in [0.15, 0.2) is 24.4 Å². The first kappa shape index (κ1) is 13.8. The van der Waals surface area contributed by atoms with Crippen LogP contribution >= 0.6 is 11.6 Å². The normalized spacial score (nSPS) is 9.80. The molecular formula is C12H12ClN7. The van der Waals surface area contributed by atoms with Gasteiger partial charge in [-0.05, 0) is 12.1 Å². The van der Waals surface area contributed by atoms with Crippen molar-refractivity contribution in [3.63, 3.8) is 0 Å². The number of hydrogen-bond acceptors (Lipinski definition) is 7. The molecule has 0 fully saturated rings. The van der Waals surface area contributed by atoms with Gasteiger partial charge in [0.25, 0.3) is 0 Å². The predicted octanol–water partition coefficient (Wildman–Crippen LogP) is 1.50. The first-order chi connectivity index (χ1) is 9.69. The zero-order valence-electron chi connectivity index (χ0n) is 10.5. The number of nitrogens with zero attached hydrogens (tertiary/aromatic N) is 4. The molecule has 2 aromatic rings. The Morgan fingerprint density at radius 1 is 1.30 bits per heavy atom. The number of nitrogen functional groups attached to an aromatic ring is 1. The van der Waals surface area contributed by atoms with Gasteiger partial charge in [-0.2, -0.15) is 10.2 Å². The molecule has 8 heteroatoms. The molecule has 0 aliphatic heterocycles. The van der Waals surface area contributed by atoms with Crippen LogP contribution in [-0.2, 0) is 0 Å². The Kier molecular flexibility index (Phi) is 4.52. The molecule has 0 bridgehead atoms. The van der Waals surface area contributed by atoms with Crippen LogP contribution in [0.4, 0.5) is 17.6 Å². The molecule has 0 spiro atoms. The lowest BCUT2D eigenvalue weighted by Gasteiger charge is -2.09. The molecule has 0 saturated carbocycles. The van der Waals surface area contributed by atoms with Crippen LogP contribution in [0, 0.1) is 11.3 Å². The Morgan fingerprint density at radius 3 is 2.85 bits per heavy atom. The van der Waals surface area contributed by atoms with E-state index in [2.05, 4.69) is 31.7 Å². The zero-order valence-corrected chi connectivity index (χ0v) is 11.2. The molecule has 7 nitrogen and oxygen atoms in total. The molecule has 2 rings (SSSR count). The molecule has 0 radical (unpaired) electrons. The number of anilines is 3. The summed E-state index contributed by atoms with van der Waals surface area (Å²) in [6, 6.07) is 7.07. The van der Waals surface area contributed by atoms with Crippen LogP contribution in [0.3, 0.4) is 0 Å². The molecule has 2 heterocycles. The highest BCUT2D eigenvalue weighted by Crippen LogP contribution is 2.12. The molecule has 4 N–H and O–H groups in total. The minimum absolute atomic E-state index is 0.115. The summed E-state index contributed by atoms with van der Waals surface area (Å²) >= 11 is 5.77. The van der Waals surface area contributed by atoms with Crippen molar-refractivity contribution in [2.75, 3.05) is 29.5 Å².